The SMILES string of the molecule is CCCNC(=NCC(=O)N(C)C)NC1CCN(Cc2ccc(F)c(F)c2)CC1. The summed E-state index contributed by atoms with van der Waals surface area (Å²) in [5.74, 6) is -0.995. The highest BCUT2D eigenvalue weighted by atomic mass is 19.2. The first-order valence-electron chi connectivity index (χ1n) is 9.80. The van der Waals surface area contributed by atoms with Crippen molar-refractivity contribution in [1.29, 1.82) is 0 Å². The van der Waals surface area contributed by atoms with E-state index in [2.05, 4.69) is 27.4 Å². The number of halogens is 2. The van der Waals surface area contributed by atoms with Crippen molar-refractivity contribution in [2.75, 3.05) is 40.3 Å². The Labute approximate surface area is 166 Å². The van der Waals surface area contributed by atoms with Gasteiger partial charge in [-0.1, -0.05) is 13.0 Å². The number of hydrogen-bond donors (Lipinski definition) is 2. The van der Waals surface area contributed by atoms with Gasteiger partial charge in [0.25, 0.3) is 0 Å². The second kappa shape index (κ2) is 10.9. The summed E-state index contributed by atoms with van der Waals surface area (Å²) in [6.45, 7) is 5.29. The minimum Gasteiger partial charge on any atom is -0.356 e. The number of nitrogens with one attached hydrogen (secondary N) is 2. The van der Waals surface area contributed by atoms with Crippen LogP contribution in [0, 0.1) is 11.6 Å². The molecule has 1 aromatic carbocycles. The molecule has 0 spiro atoms. The molecular weight excluding hydrogens is 364 g/mol. The summed E-state index contributed by atoms with van der Waals surface area (Å²) in [7, 11) is 3.43. The molecule has 0 saturated carbocycles. The van der Waals surface area contributed by atoms with Crippen LogP contribution in [0.3, 0.4) is 0 Å². The minimum absolute atomic E-state index is 0.0426. The molecule has 1 amide bonds. The van der Waals surface area contributed by atoms with Gasteiger partial charge < -0.3 is 15.5 Å². The van der Waals surface area contributed by atoms with Gasteiger partial charge in [0.2, 0.25) is 5.91 Å². The van der Waals surface area contributed by atoms with Crippen LogP contribution in [0.25, 0.3) is 0 Å². The molecule has 0 bridgehead atoms. The van der Waals surface area contributed by atoms with Gasteiger partial charge in [0.1, 0.15) is 6.54 Å². The molecule has 1 aliphatic rings. The Morgan fingerprint density at radius 1 is 1.25 bits per heavy atom. The normalized spacial score (nSPS) is 16.1. The van der Waals surface area contributed by atoms with Crippen molar-refractivity contribution in [3.05, 3.63) is 35.4 Å². The van der Waals surface area contributed by atoms with Gasteiger partial charge in [-0.3, -0.25) is 9.69 Å². The van der Waals surface area contributed by atoms with Crippen molar-refractivity contribution < 1.29 is 13.6 Å². The lowest BCUT2D eigenvalue weighted by molar-refractivity contribution is -0.127. The Kier molecular flexibility index (Phi) is 8.63. The molecule has 1 saturated heterocycles. The van der Waals surface area contributed by atoms with Crippen LogP contribution in [-0.4, -0.2) is 68.0 Å². The third-order valence-corrected chi connectivity index (χ3v) is 4.73. The molecule has 0 atom stereocenters. The van der Waals surface area contributed by atoms with Crippen LogP contribution >= 0.6 is 0 Å². The first-order chi connectivity index (χ1) is 13.4. The van der Waals surface area contributed by atoms with Gasteiger partial charge >= 0.3 is 0 Å². The summed E-state index contributed by atoms with van der Waals surface area (Å²) >= 11 is 0. The number of aliphatic imine (C=N–C) groups is 1. The average molecular weight is 395 g/mol. The minimum atomic E-state index is -0.814. The van der Waals surface area contributed by atoms with Crippen LogP contribution in [-0.2, 0) is 11.3 Å². The summed E-state index contributed by atoms with van der Waals surface area (Å²) in [4.78, 5) is 19.9. The first-order valence-corrected chi connectivity index (χ1v) is 9.80. The Balaban J connectivity index is 1.84. The molecule has 2 N–H and O–H groups in total. The van der Waals surface area contributed by atoms with Crippen molar-refractivity contribution in [3.8, 4) is 0 Å². The number of carbonyl (C=O) groups is 1. The zero-order valence-electron chi connectivity index (χ0n) is 17.0. The topological polar surface area (TPSA) is 60.0 Å². The molecule has 1 aromatic rings. The molecule has 1 aliphatic heterocycles. The highest BCUT2D eigenvalue weighted by Gasteiger charge is 2.20. The average Bonchev–Trinajstić information content (AvgIpc) is 2.68. The number of carbonyl (C=O) groups excluding carboxylic acids is 1. The van der Waals surface area contributed by atoms with E-state index in [-0.39, 0.29) is 18.5 Å². The summed E-state index contributed by atoms with van der Waals surface area (Å²) in [6, 6.07) is 4.33. The fourth-order valence-electron chi connectivity index (χ4n) is 3.01. The molecular formula is C20H31F2N5O. The summed E-state index contributed by atoms with van der Waals surface area (Å²) < 4.78 is 26.4. The van der Waals surface area contributed by atoms with Crippen molar-refractivity contribution in [3.63, 3.8) is 0 Å². The van der Waals surface area contributed by atoms with Crippen LogP contribution in [0.5, 0.6) is 0 Å². The second-order valence-corrected chi connectivity index (χ2v) is 7.32. The van der Waals surface area contributed by atoms with Crippen LogP contribution in [0.4, 0.5) is 8.78 Å². The highest BCUT2D eigenvalue weighted by Crippen LogP contribution is 2.16. The molecule has 1 heterocycles. The molecule has 1 fully saturated rings. The van der Waals surface area contributed by atoms with E-state index in [1.54, 1.807) is 20.2 Å². The van der Waals surface area contributed by atoms with Gasteiger partial charge in [-0.05, 0) is 37.0 Å². The van der Waals surface area contributed by atoms with Crippen LogP contribution < -0.4 is 10.6 Å². The number of likely N-dealkylation sites (tertiary alicyclic amines) is 1. The second-order valence-electron chi connectivity index (χ2n) is 7.32. The number of benzene rings is 1. The van der Waals surface area contributed by atoms with Crippen molar-refractivity contribution in [1.82, 2.24) is 20.4 Å². The van der Waals surface area contributed by atoms with E-state index in [9.17, 15) is 13.6 Å². The van der Waals surface area contributed by atoms with Gasteiger partial charge in [0, 0.05) is 46.3 Å². The van der Waals surface area contributed by atoms with Gasteiger partial charge in [0.05, 0.1) is 0 Å². The fourth-order valence-corrected chi connectivity index (χ4v) is 3.01. The summed E-state index contributed by atoms with van der Waals surface area (Å²) in [6.07, 6.45) is 2.80. The van der Waals surface area contributed by atoms with Crippen LogP contribution in [0.1, 0.15) is 31.7 Å². The fraction of sp³-hybridized carbons (Fsp3) is 0.600. The molecule has 0 unspecified atom stereocenters. The van der Waals surface area contributed by atoms with Crippen LogP contribution in [0.15, 0.2) is 23.2 Å². The third-order valence-electron chi connectivity index (χ3n) is 4.73. The molecule has 0 aromatic heterocycles. The molecule has 0 aliphatic carbocycles. The number of likely N-dealkylation sites (N-methyl/N-ethyl adjacent to an activating group) is 1. The monoisotopic (exact) mass is 395 g/mol. The van der Waals surface area contributed by atoms with E-state index >= 15 is 0 Å². The van der Waals surface area contributed by atoms with Gasteiger partial charge in [-0.25, -0.2) is 13.8 Å². The largest absolute Gasteiger partial charge is 0.356 e. The third kappa shape index (κ3) is 7.07. The Morgan fingerprint density at radius 2 is 1.96 bits per heavy atom. The van der Waals surface area contributed by atoms with Crippen molar-refractivity contribution in [2.45, 2.75) is 38.8 Å². The Hall–Kier alpha value is -2.22. The number of piperidine rings is 1. The predicted octanol–water partition coefficient (Wildman–Crippen LogP) is 1.96. The van der Waals surface area contributed by atoms with E-state index in [1.165, 1.54) is 17.0 Å². The van der Waals surface area contributed by atoms with E-state index in [0.717, 1.165) is 44.5 Å². The van der Waals surface area contributed by atoms with Gasteiger partial charge in [-0.15, -0.1) is 0 Å². The molecule has 6 nitrogen and oxygen atoms in total. The first kappa shape index (κ1) is 22.1. The van der Waals surface area contributed by atoms with Gasteiger partial charge in [-0.2, -0.15) is 0 Å². The van der Waals surface area contributed by atoms with Crippen LogP contribution in [0.2, 0.25) is 0 Å². The zero-order chi connectivity index (χ0) is 20.5. The number of nitrogens with zero attached hydrogens (tertiary/aromatic N) is 3. The maximum absolute atomic E-state index is 13.4. The Bertz CT molecular complexity index is 673. The standard InChI is InChI=1S/C20H31F2N5O/c1-4-9-23-20(24-13-19(28)26(2)3)25-16-7-10-27(11-8-16)14-15-5-6-17(21)18(22)12-15/h5-6,12,16H,4,7-11,13-14H2,1-3H3,(H2,23,24,25). The lowest BCUT2D eigenvalue weighted by Gasteiger charge is -2.33. The summed E-state index contributed by atoms with van der Waals surface area (Å²) in [5, 5.41) is 6.67. The molecule has 0 radical (unpaired) electrons. The maximum Gasteiger partial charge on any atom is 0.243 e. The molecule has 156 valence electrons. The van der Waals surface area contributed by atoms with Crippen molar-refractivity contribution >= 4 is 11.9 Å². The number of amides is 1. The molecule has 8 heteroatoms. The van der Waals surface area contributed by atoms with E-state index in [0.29, 0.717) is 12.5 Å². The summed E-state index contributed by atoms with van der Waals surface area (Å²) in [5.41, 5.74) is 0.777. The van der Waals surface area contributed by atoms with E-state index < -0.39 is 11.6 Å². The predicted molar refractivity (Wildman–Crippen MR) is 107 cm³/mol. The highest BCUT2D eigenvalue weighted by molar-refractivity contribution is 5.84. The molecule has 28 heavy (non-hydrogen) atoms. The smallest absolute Gasteiger partial charge is 0.243 e. The Morgan fingerprint density at radius 3 is 2.57 bits per heavy atom. The van der Waals surface area contributed by atoms with E-state index in [1.807, 2.05) is 0 Å². The number of rotatable bonds is 7. The number of guanidine groups is 1. The molecule has 2 rings (SSSR count). The number of hydrogen-bond acceptors (Lipinski definition) is 3. The van der Waals surface area contributed by atoms with Gasteiger partial charge in [0.15, 0.2) is 17.6 Å². The van der Waals surface area contributed by atoms with Crippen molar-refractivity contribution in [2.24, 2.45) is 4.99 Å². The zero-order valence-corrected chi connectivity index (χ0v) is 17.0. The lowest BCUT2D eigenvalue weighted by atomic mass is 10.0. The quantitative estimate of drug-likeness (QED) is 0.547. The van der Waals surface area contributed by atoms with E-state index in [4.69, 9.17) is 0 Å². The lowest BCUT2D eigenvalue weighted by Crippen LogP contribution is -2.49. The maximum atomic E-state index is 13.4.